The van der Waals surface area contributed by atoms with Gasteiger partial charge in [0.15, 0.2) is 0 Å². The number of carbonyl (C=O) groups is 3. The molecule has 0 aromatic heterocycles. The Morgan fingerprint density at radius 1 is 0.765 bits per heavy atom. The van der Waals surface area contributed by atoms with Gasteiger partial charge in [-0.25, -0.2) is 4.79 Å². The Balaban J connectivity index is 1.50. The Labute approximate surface area is 197 Å². The molecule has 7 nitrogen and oxygen atoms in total. The van der Waals surface area contributed by atoms with Crippen LogP contribution >= 0.6 is 0 Å². The second-order valence-corrected chi connectivity index (χ2v) is 8.30. The third-order valence-electron chi connectivity index (χ3n) is 6.15. The highest BCUT2D eigenvalue weighted by Gasteiger charge is 2.36. The number of fused-ring (bicyclic) bond motifs is 1. The number of nitrogens with two attached hydrogens (primary N) is 1. The van der Waals surface area contributed by atoms with Gasteiger partial charge in [-0.2, -0.15) is 0 Å². The zero-order valence-corrected chi connectivity index (χ0v) is 18.5. The molecular formula is C27H24N4O3. The molecule has 3 aromatic rings. The van der Waals surface area contributed by atoms with E-state index in [1.165, 1.54) is 4.90 Å². The van der Waals surface area contributed by atoms with Gasteiger partial charge in [-0.1, -0.05) is 42.5 Å². The summed E-state index contributed by atoms with van der Waals surface area (Å²) in [6, 6.07) is 22.5. The number of urea groups is 1. The first-order chi connectivity index (χ1) is 16.5. The average molecular weight is 453 g/mol. The molecule has 1 aliphatic carbocycles. The number of likely N-dealkylation sites (tertiary alicyclic amines) is 1. The number of carbonyl (C=O) groups excluding carboxylic acids is 3. The van der Waals surface area contributed by atoms with Crippen molar-refractivity contribution in [2.24, 2.45) is 5.73 Å². The van der Waals surface area contributed by atoms with E-state index in [9.17, 15) is 14.4 Å². The number of primary amides is 1. The summed E-state index contributed by atoms with van der Waals surface area (Å²) in [5.74, 6) is -0.343. The Morgan fingerprint density at radius 2 is 1.32 bits per heavy atom. The largest absolute Gasteiger partial charge is 0.367 e. The van der Waals surface area contributed by atoms with E-state index in [4.69, 9.17) is 5.73 Å². The second-order valence-electron chi connectivity index (χ2n) is 8.30. The SMILES string of the molecule is NC(=O)N(c1ccccc1)c1ccc(NC2=C(N3CCCC3)C(=O)c3ccccc3C2=O)cc1. The topological polar surface area (TPSA) is 95.7 Å². The standard InChI is InChI=1S/C27H24N4O3/c28-27(34)31(19-8-2-1-3-9-19)20-14-12-18(13-15-20)29-23-24(30-16-6-7-17-30)26(33)22-11-5-4-10-21(22)25(23)32/h1-5,8-15,29H,6-7,16-17H2,(H2,28,34). The lowest BCUT2D eigenvalue weighted by atomic mass is 9.89. The summed E-state index contributed by atoms with van der Waals surface area (Å²) in [7, 11) is 0. The van der Waals surface area contributed by atoms with Crippen LogP contribution in [-0.2, 0) is 0 Å². The smallest absolute Gasteiger partial charge is 0.323 e. The number of anilines is 3. The molecule has 1 saturated heterocycles. The number of nitrogens with zero attached hydrogens (tertiary/aromatic N) is 2. The van der Waals surface area contributed by atoms with Crippen LogP contribution < -0.4 is 16.0 Å². The summed E-state index contributed by atoms with van der Waals surface area (Å²) in [5, 5.41) is 3.20. The van der Waals surface area contributed by atoms with Gasteiger partial charge >= 0.3 is 6.03 Å². The van der Waals surface area contributed by atoms with Gasteiger partial charge in [0.1, 0.15) is 11.4 Å². The molecule has 0 spiro atoms. The predicted octanol–water partition coefficient (Wildman–Crippen LogP) is 4.70. The number of para-hydroxylation sites is 1. The Bertz CT molecular complexity index is 1290. The molecule has 7 heteroatoms. The van der Waals surface area contributed by atoms with E-state index in [-0.39, 0.29) is 17.3 Å². The Kier molecular flexibility index (Phi) is 5.59. The summed E-state index contributed by atoms with van der Waals surface area (Å²) in [6.07, 6.45) is 1.97. The van der Waals surface area contributed by atoms with Gasteiger partial charge in [0.25, 0.3) is 0 Å². The number of benzene rings is 3. The van der Waals surface area contributed by atoms with Gasteiger partial charge < -0.3 is 16.0 Å². The minimum atomic E-state index is -0.601. The maximum Gasteiger partial charge on any atom is 0.323 e. The normalized spacial score (nSPS) is 15.4. The van der Waals surface area contributed by atoms with Gasteiger partial charge in [-0.15, -0.1) is 0 Å². The van der Waals surface area contributed by atoms with E-state index in [1.54, 1.807) is 60.7 Å². The lowest BCUT2D eigenvalue weighted by molar-refractivity contribution is 0.0948. The Hall–Kier alpha value is -4.39. The minimum absolute atomic E-state index is 0.139. The molecule has 34 heavy (non-hydrogen) atoms. The number of hydrogen-bond acceptors (Lipinski definition) is 5. The molecule has 1 heterocycles. The minimum Gasteiger partial charge on any atom is -0.367 e. The molecule has 170 valence electrons. The summed E-state index contributed by atoms with van der Waals surface area (Å²) >= 11 is 0. The molecule has 0 unspecified atom stereocenters. The van der Waals surface area contributed by atoms with Crippen LogP contribution in [-0.4, -0.2) is 35.6 Å². The van der Waals surface area contributed by atoms with Crippen molar-refractivity contribution in [3.63, 3.8) is 0 Å². The summed E-state index contributed by atoms with van der Waals surface area (Å²) < 4.78 is 0. The first kappa shape index (κ1) is 21.5. The molecule has 2 amide bonds. The lowest BCUT2D eigenvalue weighted by Gasteiger charge is -2.28. The molecular weight excluding hydrogens is 428 g/mol. The molecule has 3 N–H and O–H groups in total. The van der Waals surface area contributed by atoms with Crippen molar-refractivity contribution in [2.45, 2.75) is 12.8 Å². The number of hydrogen-bond donors (Lipinski definition) is 2. The number of Topliss-reactive ketones (excluding diaryl/α,β-unsaturated/α-hetero) is 2. The first-order valence-electron chi connectivity index (χ1n) is 11.2. The molecule has 0 radical (unpaired) electrons. The van der Waals surface area contributed by atoms with Crippen LogP contribution in [0.1, 0.15) is 33.6 Å². The number of rotatable bonds is 5. The third-order valence-corrected chi connectivity index (χ3v) is 6.15. The summed E-state index contributed by atoms with van der Waals surface area (Å²) in [4.78, 5) is 42.3. The lowest BCUT2D eigenvalue weighted by Crippen LogP contribution is -2.35. The molecule has 0 bridgehead atoms. The number of amides is 2. The zero-order valence-electron chi connectivity index (χ0n) is 18.5. The van der Waals surface area contributed by atoms with Crippen molar-refractivity contribution in [1.29, 1.82) is 0 Å². The van der Waals surface area contributed by atoms with Gasteiger partial charge in [0, 0.05) is 29.9 Å². The predicted molar refractivity (Wildman–Crippen MR) is 131 cm³/mol. The van der Waals surface area contributed by atoms with Crippen LogP contribution in [0.4, 0.5) is 21.9 Å². The van der Waals surface area contributed by atoms with E-state index in [0.29, 0.717) is 33.9 Å². The van der Waals surface area contributed by atoms with Crippen molar-refractivity contribution in [3.8, 4) is 0 Å². The average Bonchev–Trinajstić information content (AvgIpc) is 3.39. The van der Waals surface area contributed by atoms with Gasteiger partial charge in [-0.05, 0) is 49.2 Å². The highest BCUT2D eigenvalue weighted by atomic mass is 16.2. The summed E-state index contributed by atoms with van der Waals surface area (Å²) in [6.45, 7) is 1.48. The zero-order chi connectivity index (χ0) is 23.7. The van der Waals surface area contributed by atoms with Crippen molar-refractivity contribution in [1.82, 2.24) is 4.90 Å². The van der Waals surface area contributed by atoms with E-state index in [0.717, 1.165) is 25.9 Å². The molecule has 5 rings (SSSR count). The van der Waals surface area contributed by atoms with E-state index in [1.807, 2.05) is 23.1 Å². The fraction of sp³-hybridized carbons (Fsp3) is 0.148. The van der Waals surface area contributed by atoms with Crippen LogP contribution in [0.15, 0.2) is 90.3 Å². The highest BCUT2D eigenvalue weighted by molar-refractivity contribution is 6.27. The molecule has 0 saturated carbocycles. The number of allylic oxidation sites excluding steroid dienone is 2. The Morgan fingerprint density at radius 3 is 1.94 bits per heavy atom. The fourth-order valence-electron chi connectivity index (χ4n) is 4.54. The van der Waals surface area contributed by atoms with Crippen molar-refractivity contribution >= 4 is 34.7 Å². The van der Waals surface area contributed by atoms with Gasteiger partial charge in [-0.3, -0.25) is 14.5 Å². The number of nitrogens with one attached hydrogen (secondary N) is 1. The van der Waals surface area contributed by atoms with Crippen LogP contribution in [0, 0.1) is 0 Å². The molecule has 1 fully saturated rings. The molecule has 2 aliphatic rings. The van der Waals surface area contributed by atoms with Crippen molar-refractivity contribution in [3.05, 3.63) is 101 Å². The van der Waals surface area contributed by atoms with Crippen LogP contribution in [0.25, 0.3) is 0 Å². The van der Waals surface area contributed by atoms with Gasteiger partial charge in [0.2, 0.25) is 11.6 Å². The summed E-state index contributed by atoms with van der Waals surface area (Å²) in [5.41, 5.74) is 9.06. The second kappa shape index (κ2) is 8.86. The van der Waals surface area contributed by atoms with Crippen molar-refractivity contribution in [2.75, 3.05) is 23.3 Å². The number of ketones is 2. The third kappa shape index (κ3) is 3.81. The highest BCUT2D eigenvalue weighted by Crippen LogP contribution is 2.32. The molecule has 1 aliphatic heterocycles. The van der Waals surface area contributed by atoms with Gasteiger partial charge in [0.05, 0.1) is 11.4 Å². The van der Waals surface area contributed by atoms with Crippen LogP contribution in [0.5, 0.6) is 0 Å². The monoisotopic (exact) mass is 452 g/mol. The van der Waals surface area contributed by atoms with E-state index in [2.05, 4.69) is 5.32 Å². The maximum atomic E-state index is 13.4. The van der Waals surface area contributed by atoms with E-state index < -0.39 is 6.03 Å². The quantitative estimate of drug-likeness (QED) is 0.585. The first-order valence-corrected chi connectivity index (χ1v) is 11.2. The van der Waals surface area contributed by atoms with Crippen LogP contribution in [0.3, 0.4) is 0 Å². The van der Waals surface area contributed by atoms with Crippen LogP contribution in [0.2, 0.25) is 0 Å². The molecule has 3 aromatic carbocycles. The fourth-order valence-corrected chi connectivity index (χ4v) is 4.54. The maximum absolute atomic E-state index is 13.4. The molecule has 0 atom stereocenters. The van der Waals surface area contributed by atoms with Crippen molar-refractivity contribution < 1.29 is 14.4 Å². The van der Waals surface area contributed by atoms with E-state index >= 15 is 0 Å².